The zero-order chi connectivity index (χ0) is 14.7. The molecule has 0 radical (unpaired) electrons. The molecule has 5 heteroatoms. The summed E-state index contributed by atoms with van der Waals surface area (Å²) < 4.78 is 0. The predicted octanol–water partition coefficient (Wildman–Crippen LogP) is 2.32. The van der Waals surface area contributed by atoms with E-state index in [1.165, 1.54) is 31.4 Å². The minimum Gasteiger partial charge on any atom is -0.508 e. The monoisotopic (exact) mass is 287 g/mol. The number of amides is 1. The summed E-state index contributed by atoms with van der Waals surface area (Å²) in [5.74, 6) is 1.18. The first kappa shape index (κ1) is 12.7. The number of carboxylic acids is 1. The van der Waals surface area contributed by atoms with Crippen molar-refractivity contribution in [3.8, 4) is 5.75 Å². The zero-order valence-corrected chi connectivity index (χ0v) is 11.5. The summed E-state index contributed by atoms with van der Waals surface area (Å²) in [5, 5.41) is 21.3. The summed E-state index contributed by atoms with van der Waals surface area (Å²) in [6.45, 7) is 0. The summed E-state index contributed by atoms with van der Waals surface area (Å²) >= 11 is 0. The quantitative estimate of drug-likeness (QED) is 0.745. The number of phenolic OH excluding ortho intramolecular Hbond substituents is 1. The lowest BCUT2D eigenvalue weighted by atomic mass is 10.0. The van der Waals surface area contributed by atoms with Crippen molar-refractivity contribution in [3.63, 3.8) is 0 Å². The summed E-state index contributed by atoms with van der Waals surface area (Å²) in [4.78, 5) is 23.6. The molecular weight excluding hydrogens is 270 g/mol. The van der Waals surface area contributed by atoms with E-state index in [4.69, 9.17) is 5.11 Å². The molecule has 1 amide bonds. The number of hydrogen-bond donors (Lipinski definition) is 3. The largest absolute Gasteiger partial charge is 0.508 e. The molecular formula is C16H17NO4. The van der Waals surface area contributed by atoms with Crippen molar-refractivity contribution in [2.24, 2.45) is 29.6 Å². The Morgan fingerprint density at radius 2 is 1.81 bits per heavy atom. The molecule has 3 aliphatic rings. The first-order valence-corrected chi connectivity index (χ1v) is 7.43. The lowest BCUT2D eigenvalue weighted by molar-refractivity contribution is -0.118. The Morgan fingerprint density at radius 3 is 2.43 bits per heavy atom. The van der Waals surface area contributed by atoms with Crippen molar-refractivity contribution in [3.05, 3.63) is 23.8 Å². The number of aromatic carboxylic acids is 1. The number of carbonyl (C=O) groups is 2. The fourth-order valence-corrected chi connectivity index (χ4v) is 4.71. The minimum atomic E-state index is -1.16. The van der Waals surface area contributed by atoms with E-state index in [9.17, 15) is 14.7 Å². The highest BCUT2D eigenvalue weighted by molar-refractivity contribution is 6.02. The number of fused-ring (bicyclic) bond motifs is 5. The molecule has 0 aromatic heterocycles. The van der Waals surface area contributed by atoms with Gasteiger partial charge in [-0.1, -0.05) is 0 Å². The van der Waals surface area contributed by atoms with E-state index in [2.05, 4.69) is 5.32 Å². The molecule has 0 heterocycles. The molecule has 4 rings (SSSR count). The standard InChI is InChI=1S/C16H17NO4/c18-9-3-4-11(10(6-9)16(20)21)17-15(19)14-12-7-1-2-8(5-7)13(12)14/h3-4,6-8,12-14,18H,1-2,5H2,(H,17,19)(H,20,21). The minimum absolute atomic E-state index is 0.0604. The Labute approximate surface area is 122 Å². The fourth-order valence-electron chi connectivity index (χ4n) is 4.71. The average molecular weight is 287 g/mol. The van der Waals surface area contributed by atoms with Gasteiger partial charge in [0.2, 0.25) is 5.91 Å². The van der Waals surface area contributed by atoms with Crippen LogP contribution in [-0.4, -0.2) is 22.1 Å². The number of hydrogen-bond acceptors (Lipinski definition) is 3. The topological polar surface area (TPSA) is 86.6 Å². The third-order valence-electron chi connectivity index (χ3n) is 5.53. The Bertz CT molecular complexity index is 625. The lowest BCUT2D eigenvalue weighted by Crippen LogP contribution is -2.20. The number of phenols is 1. The van der Waals surface area contributed by atoms with Crippen molar-refractivity contribution in [1.29, 1.82) is 0 Å². The van der Waals surface area contributed by atoms with Gasteiger partial charge in [0.15, 0.2) is 0 Å². The smallest absolute Gasteiger partial charge is 0.337 e. The molecule has 1 aromatic rings. The third-order valence-corrected chi connectivity index (χ3v) is 5.53. The van der Waals surface area contributed by atoms with Crippen molar-refractivity contribution in [2.75, 3.05) is 5.32 Å². The van der Waals surface area contributed by atoms with Gasteiger partial charge in [0.1, 0.15) is 5.75 Å². The molecule has 3 N–H and O–H groups in total. The zero-order valence-electron chi connectivity index (χ0n) is 11.5. The number of benzene rings is 1. The van der Waals surface area contributed by atoms with Crippen LogP contribution in [0.4, 0.5) is 5.69 Å². The maximum Gasteiger partial charge on any atom is 0.337 e. The van der Waals surface area contributed by atoms with Crippen molar-refractivity contribution < 1.29 is 19.8 Å². The van der Waals surface area contributed by atoms with Gasteiger partial charge < -0.3 is 15.5 Å². The van der Waals surface area contributed by atoms with E-state index in [-0.39, 0.29) is 28.8 Å². The van der Waals surface area contributed by atoms with Crippen LogP contribution in [0.5, 0.6) is 5.75 Å². The number of carbonyl (C=O) groups excluding carboxylic acids is 1. The molecule has 21 heavy (non-hydrogen) atoms. The van der Waals surface area contributed by atoms with Crippen molar-refractivity contribution in [1.82, 2.24) is 0 Å². The first-order chi connectivity index (χ1) is 10.1. The summed E-state index contributed by atoms with van der Waals surface area (Å²) in [6, 6.07) is 4.00. The fraction of sp³-hybridized carbons (Fsp3) is 0.500. The van der Waals surface area contributed by atoms with Gasteiger partial charge >= 0.3 is 5.97 Å². The molecule has 1 aromatic carbocycles. The number of nitrogens with one attached hydrogen (secondary N) is 1. The Kier molecular flexibility index (Phi) is 2.55. The second-order valence-corrected chi connectivity index (χ2v) is 6.54. The molecule has 3 fully saturated rings. The average Bonchev–Trinajstić information content (AvgIpc) is 2.89. The van der Waals surface area contributed by atoms with Crippen LogP contribution < -0.4 is 5.32 Å². The van der Waals surface area contributed by atoms with Crippen LogP contribution in [-0.2, 0) is 4.79 Å². The number of rotatable bonds is 3. The maximum atomic E-state index is 12.4. The second kappa shape index (κ2) is 4.23. The molecule has 4 unspecified atom stereocenters. The van der Waals surface area contributed by atoms with Crippen molar-refractivity contribution in [2.45, 2.75) is 19.3 Å². The molecule has 5 nitrogen and oxygen atoms in total. The van der Waals surface area contributed by atoms with Crippen LogP contribution in [0.2, 0.25) is 0 Å². The molecule has 0 spiro atoms. The summed E-state index contributed by atoms with van der Waals surface area (Å²) in [5.41, 5.74) is 0.194. The SMILES string of the molecule is O=C(O)c1cc(O)ccc1NC(=O)C1C2C3CCC(C3)C12. The molecule has 3 saturated carbocycles. The van der Waals surface area contributed by atoms with Gasteiger partial charge in [0.25, 0.3) is 0 Å². The highest BCUT2D eigenvalue weighted by atomic mass is 16.4. The molecule has 4 atom stereocenters. The van der Waals surface area contributed by atoms with Gasteiger partial charge in [-0.2, -0.15) is 0 Å². The van der Waals surface area contributed by atoms with Gasteiger partial charge in [-0.3, -0.25) is 4.79 Å². The Balaban J connectivity index is 1.52. The lowest BCUT2D eigenvalue weighted by Gasteiger charge is -2.11. The van der Waals surface area contributed by atoms with Crippen LogP contribution in [0.1, 0.15) is 29.6 Å². The van der Waals surface area contributed by atoms with Crippen LogP contribution in [0.3, 0.4) is 0 Å². The molecule has 2 bridgehead atoms. The predicted molar refractivity (Wildman–Crippen MR) is 75.0 cm³/mol. The van der Waals surface area contributed by atoms with E-state index in [1.807, 2.05) is 0 Å². The van der Waals surface area contributed by atoms with Crippen LogP contribution in [0, 0.1) is 29.6 Å². The van der Waals surface area contributed by atoms with Crippen molar-refractivity contribution >= 4 is 17.6 Å². The molecule has 110 valence electrons. The molecule has 3 aliphatic carbocycles. The third kappa shape index (κ3) is 1.83. The first-order valence-electron chi connectivity index (χ1n) is 7.43. The van der Waals surface area contributed by atoms with Gasteiger partial charge in [-0.25, -0.2) is 4.79 Å². The van der Waals surface area contributed by atoms with Crippen LogP contribution >= 0.6 is 0 Å². The van der Waals surface area contributed by atoms with Gasteiger partial charge in [0.05, 0.1) is 11.3 Å². The molecule has 0 aliphatic heterocycles. The van der Waals surface area contributed by atoms with Crippen LogP contribution in [0.15, 0.2) is 18.2 Å². The van der Waals surface area contributed by atoms with E-state index in [1.54, 1.807) is 0 Å². The van der Waals surface area contributed by atoms with E-state index >= 15 is 0 Å². The highest BCUT2D eigenvalue weighted by Gasteiger charge is 2.67. The Morgan fingerprint density at radius 1 is 1.14 bits per heavy atom. The van der Waals surface area contributed by atoms with E-state index in [0.717, 1.165) is 6.07 Å². The molecule has 0 saturated heterocycles. The summed E-state index contributed by atoms with van der Waals surface area (Å²) in [7, 11) is 0. The highest BCUT2D eigenvalue weighted by Crippen LogP contribution is 2.69. The van der Waals surface area contributed by atoms with Gasteiger partial charge in [0, 0.05) is 5.92 Å². The van der Waals surface area contributed by atoms with Crippen LogP contribution in [0.25, 0.3) is 0 Å². The maximum absolute atomic E-state index is 12.4. The van der Waals surface area contributed by atoms with Gasteiger partial charge in [-0.05, 0) is 61.1 Å². The van der Waals surface area contributed by atoms with Gasteiger partial charge in [-0.15, -0.1) is 0 Å². The van der Waals surface area contributed by atoms with E-state index < -0.39 is 5.97 Å². The summed E-state index contributed by atoms with van der Waals surface area (Å²) in [6.07, 6.45) is 3.77. The number of carboxylic acid groups (broad SMARTS) is 1. The second-order valence-electron chi connectivity index (χ2n) is 6.54. The van der Waals surface area contributed by atoms with E-state index in [0.29, 0.717) is 23.7 Å². The number of aromatic hydroxyl groups is 1. The Hall–Kier alpha value is -2.04. The number of anilines is 1. The normalized spacial score (nSPS) is 35.3.